The second-order valence-electron chi connectivity index (χ2n) is 4.99. The van der Waals surface area contributed by atoms with Gasteiger partial charge in [0.05, 0.1) is 5.51 Å². The van der Waals surface area contributed by atoms with Gasteiger partial charge in [0.2, 0.25) is 5.91 Å². The molecule has 2 heterocycles. The molecule has 1 aliphatic heterocycles. The molecule has 0 spiro atoms. The van der Waals surface area contributed by atoms with Crippen molar-refractivity contribution >= 4 is 17.2 Å². The third-order valence-corrected chi connectivity index (χ3v) is 4.40. The van der Waals surface area contributed by atoms with Gasteiger partial charge in [0, 0.05) is 30.7 Å². The SMILES string of the molecule is Cc1ccccc1[C@@H]1C(=O)NCCN1Cc1cncs1. The van der Waals surface area contributed by atoms with Gasteiger partial charge in [0.1, 0.15) is 6.04 Å². The standard InChI is InChI=1S/C15H17N3OS/c1-11-4-2-3-5-13(11)14-15(19)17-6-7-18(14)9-12-8-16-10-20-12/h2-5,8,10,14H,6-7,9H2,1H3,(H,17,19)/t14-/m1/s1. The van der Waals surface area contributed by atoms with E-state index in [0.717, 1.165) is 24.2 Å². The molecule has 0 bridgehead atoms. The van der Waals surface area contributed by atoms with Crippen molar-refractivity contribution in [1.82, 2.24) is 15.2 Å². The summed E-state index contributed by atoms with van der Waals surface area (Å²) in [6.07, 6.45) is 1.88. The van der Waals surface area contributed by atoms with E-state index in [0.29, 0.717) is 6.54 Å². The van der Waals surface area contributed by atoms with E-state index in [2.05, 4.69) is 28.2 Å². The van der Waals surface area contributed by atoms with Crippen molar-refractivity contribution in [2.75, 3.05) is 13.1 Å². The maximum absolute atomic E-state index is 12.3. The number of piperazine rings is 1. The van der Waals surface area contributed by atoms with Crippen molar-refractivity contribution < 1.29 is 4.79 Å². The van der Waals surface area contributed by atoms with Gasteiger partial charge in [-0.15, -0.1) is 11.3 Å². The Hall–Kier alpha value is -1.72. The van der Waals surface area contributed by atoms with Gasteiger partial charge in [0.15, 0.2) is 0 Å². The molecule has 1 aromatic heterocycles. The van der Waals surface area contributed by atoms with Crippen LogP contribution in [0.1, 0.15) is 22.0 Å². The van der Waals surface area contributed by atoms with Crippen molar-refractivity contribution in [2.24, 2.45) is 0 Å². The Bertz CT molecular complexity index is 597. The smallest absolute Gasteiger partial charge is 0.242 e. The Balaban J connectivity index is 1.91. The van der Waals surface area contributed by atoms with Gasteiger partial charge in [-0.25, -0.2) is 0 Å². The third-order valence-electron chi connectivity index (χ3n) is 3.64. The summed E-state index contributed by atoms with van der Waals surface area (Å²) in [5, 5.41) is 2.97. The number of carbonyl (C=O) groups excluding carboxylic acids is 1. The van der Waals surface area contributed by atoms with Crippen molar-refractivity contribution in [1.29, 1.82) is 0 Å². The van der Waals surface area contributed by atoms with Crippen molar-refractivity contribution in [3.63, 3.8) is 0 Å². The summed E-state index contributed by atoms with van der Waals surface area (Å²) in [4.78, 5) is 19.9. The van der Waals surface area contributed by atoms with Crippen LogP contribution >= 0.6 is 11.3 Å². The molecule has 1 aromatic carbocycles. The maximum Gasteiger partial charge on any atom is 0.242 e. The Morgan fingerprint density at radius 1 is 1.45 bits per heavy atom. The number of aromatic nitrogens is 1. The molecule has 0 unspecified atom stereocenters. The second kappa shape index (κ2) is 5.73. The summed E-state index contributed by atoms with van der Waals surface area (Å²) in [5.41, 5.74) is 4.08. The molecule has 1 amide bonds. The predicted molar refractivity (Wildman–Crippen MR) is 79.5 cm³/mol. The van der Waals surface area contributed by atoms with E-state index in [9.17, 15) is 4.79 Å². The van der Waals surface area contributed by atoms with Gasteiger partial charge in [-0.2, -0.15) is 0 Å². The topological polar surface area (TPSA) is 45.2 Å². The average Bonchev–Trinajstić information content (AvgIpc) is 2.93. The third kappa shape index (κ3) is 2.59. The van der Waals surface area contributed by atoms with Crippen LogP contribution in [0.5, 0.6) is 0 Å². The van der Waals surface area contributed by atoms with E-state index < -0.39 is 0 Å². The molecule has 4 nitrogen and oxygen atoms in total. The zero-order valence-corrected chi connectivity index (χ0v) is 12.2. The van der Waals surface area contributed by atoms with Crippen LogP contribution in [0.15, 0.2) is 36.0 Å². The van der Waals surface area contributed by atoms with Gasteiger partial charge in [0.25, 0.3) is 0 Å². The molecule has 104 valence electrons. The summed E-state index contributed by atoms with van der Waals surface area (Å²) in [7, 11) is 0. The summed E-state index contributed by atoms with van der Waals surface area (Å²) >= 11 is 1.63. The minimum Gasteiger partial charge on any atom is -0.353 e. The van der Waals surface area contributed by atoms with Gasteiger partial charge >= 0.3 is 0 Å². The van der Waals surface area contributed by atoms with E-state index in [-0.39, 0.29) is 11.9 Å². The number of nitrogens with one attached hydrogen (secondary N) is 1. The lowest BCUT2D eigenvalue weighted by molar-refractivity contribution is -0.129. The van der Waals surface area contributed by atoms with Crippen LogP contribution in [-0.2, 0) is 11.3 Å². The molecular weight excluding hydrogens is 270 g/mol. The highest BCUT2D eigenvalue weighted by molar-refractivity contribution is 7.09. The largest absolute Gasteiger partial charge is 0.353 e. The molecule has 1 atom stereocenters. The lowest BCUT2D eigenvalue weighted by Crippen LogP contribution is -2.49. The van der Waals surface area contributed by atoms with Crippen LogP contribution in [0.25, 0.3) is 0 Å². The maximum atomic E-state index is 12.3. The van der Waals surface area contributed by atoms with E-state index in [4.69, 9.17) is 0 Å². The van der Waals surface area contributed by atoms with Gasteiger partial charge < -0.3 is 5.32 Å². The molecule has 2 aromatic rings. The zero-order chi connectivity index (χ0) is 13.9. The van der Waals surface area contributed by atoms with E-state index in [1.807, 2.05) is 29.9 Å². The highest BCUT2D eigenvalue weighted by Crippen LogP contribution is 2.28. The molecule has 1 N–H and O–H groups in total. The number of hydrogen-bond acceptors (Lipinski definition) is 4. The normalized spacial score (nSPS) is 19.9. The first kappa shape index (κ1) is 13.3. The Labute approximate surface area is 122 Å². The van der Waals surface area contributed by atoms with Crippen molar-refractivity contribution in [2.45, 2.75) is 19.5 Å². The van der Waals surface area contributed by atoms with Crippen molar-refractivity contribution in [3.8, 4) is 0 Å². The summed E-state index contributed by atoms with van der Waals surface area (Å²) in [6.45, 7) is 4.40. The first-order valence-corrected chi connectivity index (χ1v) is 7.58. The fourth-order valence-electron chi connectivity index (χ4n) is 2.64. The highest BCUT2D eigenvalue weighted by Gasteiger charge is 2.32. The minimum atomic E-state index is -0.202. The Morgan fingerprint density at radius 2 is 2.30 bits per heavy atom. The van der Waals surface area contributed by atoms with E-state index in [1.165, 1.54) is 4.88 Å². The monoisotopic (exact) mass is 287 g/mol. The van der Waals surface area contributed by atoms with Crippen LogP contribution in [0, 0.1) is 6.92 Å². The Kier molecular flexibility index (Phi) is 3.80. The lowest BCUT2D eigenvalue weighted by Gasteiger charge is -2.35. The fourth-order valence-corrected chi connectivity index (χ4v) is 3.26. The molecule has 1 saturated heterocycles. The fraction of sp³-hybridized carbons (Fsp3) is 0.333. The molecule has 0 radical (unpaired) electrons. The number of aryl methyl sites for hydroxylation is 1. The number of rotatable bonds is 3. The summed E-state index contributed by atoms with van der Waals surface area (Å²) in [5.74, 6) is 0.0927. The number of thiazole rings is 1. The van der Waals surface area contributed by atoms with Crippen LogP contribution < -0.4 is 5.32 Å². The summed E-state index contributed by atoms with van der Waals surface area (Å²) in [6, 6.07) is 7.90. The van der Waals surface area contributed by atoms with Crippen LogP contribution in [-0.4, -0.2) is 28.9 Å². The van der Waals surface area contributed by atoms with E-state index in [1.54, 1.807) is 11.3 Å². The number of nitrogens with zero attached hydrogens (tertiary/aromatic N) is 2. The Morgan fingerprint density at radius 3 is 3.05 bits per heavy atom. The molecule has 20 heavy (non-hydrogen) atoms. The summed E-state index contributed by atoms with van der Waals surface area (Å²) < 4.78 is 0. The van der Waals surface area contributed by atoms with Gasteiger partial charge in [-0.3, -0.25) is 14.7 Å². The number of carbonyl (C=O) groups is 1. The van der Waals surface area contributed by atoms with Gasteiger partial charge in [-0.1, -0.05) is 24.3 Å². The first-order valence-electron chi connectivity index (χ1n) is 6.70. The van der Waals surface area contributed by atoms with Crippen LogP contribution in [0.4, 0.5) is 0 Å². The van der Waals surface area contributed by atoms with Crippen molar-refractivity contribution in [3.05, 3.63) is 52.0 Å². The number of benzene rings is 1. The average molecular weight is 287 g/mol. The number of amides is 1. The minimum absolute atomic E-state index is 0.0927. The first-order chi connectivity index (χ1) is 9.75. The zero-order valence-electron chi connectivity index (χ0n) is 11.4. The molecular formula is C15H17N3OS. The lowest BCUT2D eigenvalue weighted by atomic mass is 9.98. The van der Waals surface area contributed by atoms with E-state index >= 15 is 0 Å². The molecule has 0 saturated carbocycles. The highest BCUT2D eigenvalue weighted by atomic mass is 32.1. The molecule has 5 heteroatoms. The number of hydrogen-bond donors (Lipinski definition) is 1. The van der Waals surface area contributed by atoms with Crippen LogP contribution in [0.3, 0.4) is 0 Å². The molecule has 0 aliphatic carbocycles. The molecule has 1 aliphatic rings. The second-order valence-corrected chi connectivity index (χ2v) is 5.96. The predicted octanol–water partition coefficient (Wildman–Crippen LogP) is 2.12. The molecule has 3 rings (SSSR count). The molecule has 1 fully saturated rings. The van der Waals surface area contributed by atoms with Gasteiger partial charge in [-0.05, 0) is 18.1 Å². The van der Waals surface area contributed by atoms with Crippen LogP contribution in [0.2, 0.25) is 0 Å². The quantitative estimate of drug-likeness (QED) is 0.940.